The molecule has 0 aromatic carbocycles. The standard InChI is InChI=1S/C9H9ClN2OS/c1-5-12-6(4-13-5)9(11)7-2-3-8(10)14-7/h2-4,9H,11H2,1H3. The second-order valence-electron chi connectivity index (χ2n) is 2.91. The summed E-state index contributed by atoms with van der Waals surface area (Å²) in [4.78, 5) is 5.16. The van der Waals surface area contributed by atoms with Crippen molar-refractivity contribution in [3.63, 3.8) is 0 Å². The summed E-state index contributed by atoms with van der Waals surface area (Å²) in [6.45, 7) is 1.79. The van der Waals surface area contributed by atoms with Crippen LogP contribution in [0.2, 0.25) is 4.34 Å². The second-order valence-corrected chi connectivity index (χ2v) is 4.66. The Morgan fingerprint density at radius 3 is 2.86 bits per heavy atom. The molecular weight excluding hydrogens is 220 g/mol. The molecule has 0 radical (unpaired) electrons. The van der Waals surface area contributed by atoms with Crippen LogP contribution in [0, 0.1) is 6.92 Å². The van der Waals surface area contributed by atoms with Crippen LogP contribution >= 0.6 is 22.9 Å². The number of nitrogens with zero attached hydrogens (tertiary/aromatic N) is 1. The van der Waals surface area contributed by atoms with E-state index in [1.165, 1.54) is 11.3 Å². The van der Waals surface area contributed by atoms with E-state index in [0.717, 1.165) is 14.9 Å². The molecule has 2 aromatic heterocycles. The molecule has 2 N–H and O–H groups in total. The first kappa shape index (κ1) is 9.71. The predicted octanol–water partition coefficient (Wildman–Crippen LogP) is 2.75. The number of aryl methyl sites for hydroxylation is 1. The summed E-state index contributed by atoms with van der Waals surface area (Å²) in [5, 5.41) is 0. The van der Waals surface area contributed by atoms with Gasteiger partial charge in [-0.25, -0.2) is 4.98 Å². The van der Waals surface area contributed by atoms with Crippen LogP contribution in [0.15, 0.2) is 22.8 Å². The van der Waals surface area contributed by atoms with Crippen LogP contribution < -0.4 is 5.73 Å². The molecule has 0 saturated carbocycles. The van der Waals surface area contributed by atoms with Crippen LogP contribution in [0.5, 0.6) is 0 Å². The van der Waals surface area contributed by atoms with Crippen molar-refractivity contribution >= 4 is 22.9 Å². The smallest absolute Gasteiger partial charge is 0.191 e. The SMILES string of the molecule is Cc1nc(C(N)c2ccc(Cl)s2)co1. The van der Waals surface area contributed by atoms with Gasteiger partial charge in [-0.15, -0.1) is 11.3 Å². The van der Waals surface area contributed by atoms with Crippen molar-refractivity contribution in [2.75, 3.05) is 0 Å². The Hall–Kier alpha value is -0.840. The minimum atomic E-state index is -0.245. The van der Waals surface area contributed by atoms with Crippen LogP contribution in [-0.4, -0.2) is 4.98 Å². The normalized spacial score (nSPS) is 13.1. The molecule has 5 heteroatoms. The van der Waals surface area contributed by atoms with Crippen LogP contribution in [0.4, 0.5) is 0 Å². The minimum Gasteiger partial charge on any atom is -0.449 e. The molecule has 0 amide bonds. The van der Waals surface area contributed by atoms with Crippen molar-refractivity contribution in [2.45, 2.75) is 13.0 Å². The Kier molecular flexibility index (Phi) is 2.58. The number of halogens is 1. The summed E-state index contributed by atoms with van der Waals surface area (Å²) in [6, 6.07) is 3.49. The molecule has 14 heavy (non-hydrogen) atoms. The van der Waals surface area contributed by atoms with Gasteiger partial charge < -0.3 is 10.2 Å². The Morgan fingerprint density at radius 1 is 1.57 bits per heavy atom. The van der Waals surface area contributed by atoms with Gasteiger partial charge in [0, 0.05) is 11.8 Å². The molecule has 2 aromatic rings. The molecular formula is C9H9ClN2OS. The van der Waals surface area contributed by atoms with Crippen LogP contribution in [-0.2, 0) is 0 Å². The first-order chi connectivity index (χ1) is 6.66. The van der Waals surface area contributed by atoms with E-state index in [2.05, 4.69) is 4.98 Å². The van der Waals surface area contributed by atoms with Gasteiger partial charge in [-0.2, -0.15) is 0 Å². The summed E-state index contributed by atoms with van der Waals surface area (Å²) in [5.74, 6) is 0.623. The van der Waals surface area contributed by atoms with E-state index in [1.54, 1.807) is 13.2 Å². The highest BCUT2D eigenvalue weighted by Gasteiger charge is 2.14. The highest BCUT2D eigenvalue weighted by Crippen LogP contribution is 2.28. The number of hydrogen-bond donors (Lipinski definition) is 1. The lowest BCUT2D eigenvalue weighted by atomic mass is 10.2. The lowest BCUT2D eigenvalue weighted by Gasteiger charge is -2.03. The van der Waals surface area contributed by atoms with Crippen LogP contribution in [0.1, 0.15) is 22.5 Å². The van der Waals surface area contributed by atoms with Crippen molar-refractivity contribution in [3.8, 4) is 0 Å². The molecule has 0 saturated heterocycles. The Bertz CT molecular complexity index is 397. The summed E-state index contributed by atoms with van der Waals surface area (Å²) in [5.41, 5.74) is 6.71. The number of thiophene rings is 1. The van der Waals surface area contributed by atoms with Gasteiger partial charge >= 0.3 is 0 Å². The Balaban J connectivity index is 2.28. The topological polar surface area (TPSA) is 52.0 Å². The minimum absolute atomic E-state index is 0.245. The molecule has 1 unspecified atom stereocenters. The highest BCUT2D eigenvalue weighted by molar-refractivity contribution is 7.16. The van der Waals surface area contributed by atoms with E-state index >= 15 is 0 Å². The number of rotatable bonds is 2. The van der Waals surface area contributed by atoms with Gasteiger partial charge in [0.2, 0.25) is 0 Å². The van der Waals surface area contributed by atoms with Gasteiger partial charge in [0.05, 0.1) is 10.4 Å². The fourth-order valence-corrected chi connectivity index (χ4v) is 2.24. The Morgan fingerprint density at radius 2 is 2.36 bits per heavy atom. The van der Waals surface area contributed by atoms with E-state index < -0.39 is 0 Å². The van der Waals surface area contributed by atoms with Crippen molar-refractivity contribution in [1.82, 2.24) is 4.98 Å². The predicted molar refractivity (Wildman–Crippen MR) is 56.6 cm³/mol. The average molecular weight is 229 g/mol. The van der Waals surface area contributed by atoms with Gasteiger partial charge in [0.15, 0.2) is 5.89 Å². The van der Waals surface area contributed by atoms with E-state index in [4.69, 9.17) is 21.8 Å². The van der Waals surface area contributed by atoms with Gasteiger partial charge in [0.25, 0.3) is 0 Å². The largest absolute Gasteiger partial charge is 0.449 e. The third-order valence-electron chi connectivity index (χ3n) is 1.86. The maximum absolute atomic E-state index is 5.97. The molecule has 74 valence electrons. The lowest BCUT2D eigenvalue weighted by molar-refractivity contribution is 0.520. The van der Waals surface area contributed by atoms with Crippen molar-refractivity contribution in [2.24, 2.45) is 5.73 Å². The molecule has 1 atom stereocenters. The highest BCUT2D eigenvalue weighted by atomic mass is 35.5. The molecule has 0 aliphatic heterocycles. The van der Waals surface area contributed by atoms with Gasteiger partial charge in [-0.1, -0.05) is 11.6 Å². The molecule has 2 heterocycles. The summed E-state index contributed by atoms with van der Waals surface area (Å²) in [7, 11) is 0. The molecule has 3 nitrogen and oxygen atoms in total. The fourth-order valence-electron chi connectivity index (χ4n) is 1.16. The number of aromatic nitrogens is 1. The maximum Gasteiger partial charge on any atom is 0.191 e. The van der Waals surface area contributed by atoms with Crippen molar-refractivity contribution in [3.05, 3.63) is 39.2 Å². The molecule has 0 bridgehead atoms. The number of nitrogens with two attached hydrogens (primary N) is 1. The molecule has 2 rings (SSSR count). The van der Waals surface area contributed by atoms with Gasteiger partial charge in [-0.05, 0) is 12.1 Å². The van der Waals surface area contributed by atoms with Gasteiger partial charge in [-0.3, -0.25) is 0 Å². The van der Waals surface area contributed by atoms with E-state index in [1.807, 2.05) is 12.1 Å². The molecule has 0 spiro atoms. The van der Waals surface area contributed by atoms with E-state index in [-0.39, 0.29) is 6.04 Å². The summed E-state index contributed by atoms with van der Waals surface area (Å²) < 4.78 is 5.83. The first-order valence-electron chi connectivity index (χ1n) is 4.09. The summed E-state index contributed by atoms with van der Waals surface area (Å²) >= 11 is 7.27. The van der Waals surface area contributed by atoms with Gasteiger partial charge in [0.1, 0.15) is 12.0 Å². The quantitative estimate of drug-likeness (QED) is 0.860. The van der Waals surface area contributed by atoms with Crippen molar-refractivity contribution < 1.29 is 4.42 Å². The van der Waals surface area contributed by atoms with E-state index in [0.29, 0.717) is 5.89 Å². The lowest BCUT2D eigenvalue weighted by Crippen LogP contribution is -2.10. The number of oxazole rings is 1. The van der Waals surface area contributed by atoms with Crippen molar-refractivity contribution in [1.29, 1.82) is 0 Å². The third kappa shape index (κ3) is 1.82. The monoisotopic (exact) mass is 228 g/mol. The number of hydrogen-bond acceptors (Lipinski definition) is 4. The molecule has 0 fully saturated rings. The first-order valence-corrected chi connectivity index (χ1v) is 5.29. The maximum atomic E-state index is 5.97. The summed E-state index contributed by atoms with van der Waals surface area (Å²) in [6.07, 6.45) is 1.58. The zero-order valence-electron chi connectivity index (χ0n) is 7.53. The second kappa shape index (κ2) is 3.73. The molecule has 0 aliphatic rings. The van der Waals surface area contributed by atoms with Crippen LogP contribution in [0.3, 0.4) is 0 Å². The van der Waals surface area contributed by atoms with Crippen LogP contribution in [0.25, 0.3) is 0 Å². The fraction of sp³-hybridized carbons (Fsp3) is 0.222. The average Bonchev–Trinajstić information content (AvgIpc) is 2.73. The molecule has 0 aliphatic carbocycles. The van der Waals surface area contributed by atoms with E-state index in [9.17, 15) is 0 Å². The zero-order valence-corrected chi connectivity index (χ0v) is 9.10. The third-order valence-corrected chi connectivity index (χ3v) is 3.17. The Labute approximate surface area is 90.5 Å². The zero-order chi connectivity index (χ0) is 10.1.